The Hall–Kier alpha value is -1.73. The van der Waals surface area contributed by atoms with Crippen molar-refractivity contribution in [1.29, 1.82) is 0 Å². The summed E-state index contributed by atoms with van der Waals surface area (Å²) < 4.78 is 0. The van der Waals surface area contributed by atoms with Crippen molar-refractivity contribution in [2.24, 2.45) is 0 Å². The molecule has 0 fully saturated rings. The molecule has 0 unspecified atom stereocenters. The van der Waals surface area contributed by atoms with Crippen molar-refractivity contribution in [1.82, 2.24) is 4.98 Å². The molecule has 1 heterocycles. The molecule has 0 bridgehead atoms. The number of nitrogens with one attached hydrogen (secondary N) is 1. The van der Waals surface area contributed by atoms with E-state index >= 15 is 0 Å². The number of aromatic amines is 1. The predicted octanol–water partition coefficient (Wildman–Crippen LogP) is 5.11. The molecule has 0 amide bonds. The van der Waals surface area contributed by atoms with Crippen molar-refractivity contribution in [2.45, 2.75) is 13.8 Å². The van der Waals surface area contributed by atoms with Gasteiger partial charge in [0.15, 0.2) is 0 Å². The molecule has 90 valence electrons. The minimum Gasteiger partial charge on any atom is -0.353 e. The van der Waals surface area contributed by atoms with Crippen LogP contribution in [-0.2, 0) is 0 Å². The summed E-state index contributed by atoms with van der Waals surface area (Å²) in [5.74, 6) is 0. The van der Waals surface area contributed by atoms with Crippen molar-refractivity contribution >= 4 is 22.5 Å². The summed E-state index contributed by atoms with van der Waals surface area (Å²) in [4.78, 5) is 3.39. The standard InChI is InChI=1S/C16H14ClN/c1-10-6-7-12(8-11(10)2)15-9-13-4-3-5-14(17)16(13)18-15/h3-9,18H,1-2H3. The summed E-state index contributed by atoms with van der Waals surface area (Å²) in [6, 6.07) is 14.6. The highest BCUT2D eigenvalue weighted by Crippen LogP contribution is 2.29. The van der Waals surface area contributed by atoms with Crippen LogP contribution in [0, 0.1) is 13.8 Å². The molecule has 1 N–H and O–H groups in total. The molecule has 2 heteroatoms. The van der Waals surface area contributed by atoms with Gasteiger partial charge in [-0.2, -0.15) is 0 Å². The lowest BCUT2D eigenvalue weighted by Crippen LogP contribution is -1.83. The lowest BCUT2D eigenvalue weighted by molar-refractivity contribution is 1.33. The van der Waals surface area contributed by atoms with Gasteiger partial charge in [-0.25, -0.2) is 0 Å². The van der Waals surface area contributed by atoms with Crippen molar-refractivity contribution in [3.63, 3.8) is 0 Å². The first-order chi connectivity index (χ1) is 8.65. The fraction of sp³-hybridized carbons (Fsp3) is 0.125. The smallest absolute Gasteiger partial charge is 0.0648 e. The second kappa shape index (κ2) is 4.18. The van der Waals surface area contributed by atoms with Crippen molar-refractivity contribution < 1.29 is 0 Å². The molecule has 0 saturated heterocycles. The maximum Gasteiger partial charge on any atom is 0.0648 e. The maximum atomic E-state index is 6.18. The summed E-state index contributed by atoms with van der Waals surface area (Å²) in [7, 11) is 0. The van der Waals surface area contributed by atoms with Gasteiger partial charge in [0.1, 0.15) is 0 Å². The Morgan fingerprint density at radius 1 is 0.944 bits per heavy atom. The molecule has 2 aromatic carbocycles. The minimum atomic E-state index is 0.766. The highest BCUT2D eigenvalue weighted by Gasteiger charge is 2.06. The van der Waals surface area contributed by atoms with Crippen LogP contribution in [0.5, 0.6) is 0 Å². The van der Waals surface area contributed by atoms with E-state index in [1.54, 1.807) is 0 Å². The molecule has 0 spiro atoms. The molecule has 3 rings (SSSR count). The topological polar surface area (TPSA) is 15.8 Å². The monoisotopic (exact) mass is 255 g/mol. The number of H-pyrrole nitrogens is 1. The number of hydrogen-bond donors (Lipinski definition) is 1. The van der Waals surface area contributed by atoms with Crippen LogP contribution in [0.3, 0.4) is 0 Å². The second-order valence-electron chi connectivity index (χ2n) is 4.69. The van der Waals surface area contributed by atoms with E-state index in [9.17, 15) is 0 Å². The number of aryl methyl sites for hydroxylation is 2. The van der Waals surface area contributed by atoms with Crippen LogP contribution in [0.25, 0.3) is 22.2 Å². The molecule has 0 aliphatic carbocycles. The Bertz CT molecular complexity index is 725. The van der Waals surface area contributed by atoms with Gasteiger partial charge in [0, 0.05) is 11.1 Å². The van der Waals surface area contributed by atoms with Gasteiger partial charge in [-0.15, -0.1) is 0 Å². The second-order valence-corrected chi connectivity index (χ2v) is 5.09. The summed E-state index contributed by atoms with van der Waals surface area (Å²) >= 11 is 6.18. The van der Waals surface area contributed by atoms with Gasteiger partial charge >= 0.3 is 0 Å². The van der Waals surface area contributed by atoms with Crippen LogP contribution in [0.2, 0.25) is 5.02 Å². The van der Waals surface area contributed by atoms with E-state index in [1.807, 2.05) is 12.1 Å². The van der Waals surface area contributed by atoms with Gasteiger partial charge in [0.25, 0.3) is 0 Å². The molecule has 3 aromatic rings. The van der Waals surface area contributed by atoms with Crippen LogP contribution in [0.15, 0.2) is 42.5 Å². The summed E-state index contributed by atoms with van der Waals surface area (Å²) in [6.07, 6.45) is 0. The average Bonchev–Trinajstić information content (AvgIpc) is 2.78. The van der Waals surface area contributed by atoms with E-state index in [0.717, 1.165) is 21.6 Å². The van der Waals surface area contributed by atoms with E-state index in [1.165, 1.54) is 16.7 Å². The molecule has 0 aliphatic heterocycles. The molecule has 1 nitrogen and oxygen atoms in total. The van der Waals surface area contributed by atoms with Crippen LogP contribution in [0.4, 0.5) is 0 Å². The summed E-state index contributed by atoms with van der Waals surface area (Å²) in [5, 5.41) is 1.92. The van der Waals surface area contributed by atoms with Crippen molar-refractivity contribution in [3.8, 4) is 11.3 Å². The molecular weight excluding hydrogens is 242 g/mol. The predicted molar refractivity (Wildman–Crippen MR) is 78.2 cm³/mol. The Kier molecular flexibility index (Phi) is 2.64. The van der Waals surface area contributed by atoms with E-state index in [4.69, 9.17) is 11.6 Å². The SMILES string of the molecule is Cc1ccc(-c2cc3cccc(Cl)c3[nH]2)cc1C. The van der Waals surface area contributed by atoms with Crippen LogP contribution in [-0.4, -0.2) is 4.98 Å². The molecule has 1 aromatic heterocycles. The lowest BCUT2D eigenvalue weighted by Gasteiger charge is -2.03. The molecular formula is C16H14ClN. The van der Waals surface area contributed by atoms with Gasteiger partial charge in [-0.1, -0.05) is 35.9 Å². The van der Waals surface area contributed by atoms with Crippen LogP contribution >= 0.6 is 11.6 Å². The van der Waals surface area contributed by atoms with E-state index in [-0.39, 0.29) is 0 Å². The highest BCUT2D eigenvalue weighted by molar-refractivity contribution is 6.35. The normalized spacial score (nSPS) is 11.1. The van der Waals surface area contributed by atoms with E-state index < -0.39 is 0 Å². The van der Waals surface area contributed by atoms with Crippen molar-refractivity contribution in [3.05, 3.63) is 58.6 Å². The van der Waals surface area contributed by atoms with Crippen molar-refractivity contribution in [2.75, 3.05) is 0 Å². The molecule has 0 saturated carbocycles. The van der Waals surface area contributed by atoms with Crippen LogP contribution in [0.1, 0.15) is 11.1 Å². The maximum absolute atomic E-state index is 6.18. The molecule has 0 atom stereocenters. The molecule has 0 radical (unpaired) electrons. The first-order valence-corrected chi connectivity index (χ1v) is 6.38. The van der Waals surface area contributed by atoms with Gasteiger partial charge in [-0.3, -0.25) is 0 Å². The van der Waals surface area contributed by atoms with Gasteiger partial charge in [-0.05, 0) is 48.7 Å². The zero-order valence-corrected chi connectivity index (χ0v) is 11.2. The fourth-order valence-corrected chi connectivity index (χ4v) is 2.41. The third-order valence-electron chi connectivity index (χ3n) is 3.42. The largest absolute Gasteiger partial charge is 0.353 e. The zero-order valence-electron chi connectivity index (χ0n) is 10.4. The Morgan fingerprint density at radius 2 is 1.78 bits per heavy atom. The summed E-state index contributed by atoms with van der Waals surface area (Å²) in [6.45, 7) is 4.26. The average molecular weight is 256 g/mol. The number of para-hydroxylation sites is 1. The Morgan fingerprint density at radius 3 is 2.50 bits per heavy atom. The van der Waals surface area contributed by atoms with Gasteiger partial charge < -0.3 is 4.98 Å². The molecule has 0 aliphatic rings. The number of aromatic nitrogens is 1. The minimum absolute atomic E-state index is 0.766. The molecule has 18 heavy (non-hydrogen) atoms. The number of rotatable bonds is 1. The first-order valence-electron chi connectivity index (χ1n) is 6.00. The number of hydrogen-bond acceptors (Lipinski definition) is 0. The third kappa shape index (κ3) is 1.81. The fourth-order valence-electron chi connectivity index (χ4n) is 2.18. The number of fused-ring (bicyclic) bond motifs is 1. The quantitative estimate of drug-likeness (QED) is 0.622. The first kappa shape index (κ1) is 11.4. The summed E-state index contributed by atoms with van der Waals surface area (Å²) in [5.41, 5.74) is 5.93. The van der Waals surface area contributed by atoms with E-state index in [0.29, 0.717) is 0 Å². The third-order valence-corrected chi connectivity index (χ3v) is 3.74. The van der Waals surface area contributed by atoms with Gasteiger partial charge in [0.05, 0.1) is 10.5 Å². The van der Waals surface area contributed by atoms with Gasteiger partial charge in [0.2, 0.25) is 0 Å². The van der Waals surface area contributed by atoms with Crippen LogP contribution < -0.4 is 0 Å². The Labute approximate surface area is 111 Å². The lowest BCUT2D eigenvalue weighted by atomic mass is 10.0. The van der Waals surface area contributed by atoms with E-state index in [2.05, 4.69) is 49.2 Å². The number of benzene rings is 2. The Balaban J connectivity index is 2.19. The highest BCUT2D eigenvalue weighted by atomic mass is 35.5. The number of halogens is 1. The zero-order chi connectivity index (χ0) is 12.7.